The van der Waals surface area contributed by atoms with Crippen LogP contribution < -0.4 is 11.1 Å². The fraction of sp³-hybridized carbons (Fsp3) is 0.300. The molecule has 1 amide bonds. The van der Waals surface area contributed by atoms with Crippen LogP contribution >= 0.6 is 0 Å². The third-order valence-electron chi connectivity index (χ3n) is 1.71. The second-order valence-corrected chi connectivity index (χ2v) is 3.06. The van der Waals surface area contributed by atoms with Gasteiger partial charge < -0.3 is 11.1 Å². The Morgan fingerprint density at radius 3 is 2.92 bits per heavy atom. The zero-order valence-corrected chi connectivity index (χ0v) is 7.71. The molecular formula is C10H14N2O. The summed E-state index contributed by atoms with van der Waals surface area (Å²) in [6.07, 6.45) is 0. The van der Waals surface area contributed by atoms with Crippen LogP contribution in [0.3, 0.4) is 0 Å². The highest BCUT2D eigenvalue weighted by atomic mass is 16.1. The number of primary amides is 1. The first kappa shape index (κ1) is 9.74. The van der Waals surface area contributed by atoms with Gasteiger partial charge in [0.1, 0.15) is 0 Å². The molecule has 0 aliphatic rings. The number of rotatable bonds is 4. The topological polar surface area (TPSA) is 55.1 Å². The molecule has 0 aromatic heterocycles. The number of amides is 1. The van der Waals surface area contributed by atoms with Gasteiger partial charge in [-0.3, -0.25) is 4.79 Å². The lowest BCUT2D eigenvalue weighted by atomic mass is 10.1. The fourth-order valence-electron chi connectivity index (χ4n) is 1.15. The van der Waals surface area contributed by atoms with Gasteiger partial charge in [-0.1, -0.05) is 29.8 Å². The van der Waals surface area contributed by atoms with Crippen molar-refractivity contribution in [2.45, 2.75) is 13.5 Å². The lowest BCUT2D eigenvalue weighted by Gasteiger charge is -2.02. The summed E-state index contributed by atoms with van der Waals surface area (Å²) in [7, 11) is 0. The second-order valence-electron chi connectivity index (χ2n) is 3.06. The van der Waals surface area contributed by atoms with E-state index in [4.69, 9.17) is 5.73 Å². The molecule has 0 aliphatic heterocycles. The molecule has 1 aromatic carbocycles. The summed E-state index contributed by atoms with van der Waals surface area (Å²) < 4.78 is 0. The maximum absolute atomic E-state index is 10.4. The van der Waals surface area contributed by atoms with Crippen LogP contribution in [0.4, 0.5) is 0 Å². The zero-order chi connectivity index (χ0) is 9.68. The van der Waals surface area contributed by atoms with Gasteiger partial charge in [-0.15, -0.1) is 0 Å². The highest BCUT2D eigenvalue weighted by Gasteiger charge is 1.94. The van der Waals surface area contributed by atoms with E-state index in [1.165, 1.54) is 11.1 Å². The van der Waals surface area contributed by atoms with Crippen LogP contribution in [-0.2, 0) is 11.3 Å². The van der Waals surface area contributed by atoms with Crippen molar-refractivity contribution in [3.8, 4) is 0 Å². The van der Waals surface area contributed by atoms with Crippen molar-refractivity contribution in [1.29, 1.82) is 0 Å². The third kappa shape index (κ3) is 3.71. The quantitative estimate of drug-likeness (QED) is 0.708. The molecule has 3 nitrogen and oxygen atoms in total. The van der Waals surface area contributed by atoms with Gasteiger partial charge in [0.05, 0.1) is 6.54 Å². The molecule has 70 valence electrons. The van der Waals surface area contributed by atoms with Gasteiger partial charge in [0.2, 0.25) is 5.91 Å². The average Bonchev–Trinajstić information content (AvgIpc) is 2.03. The second kappa shape index (κ2) is 4.62. The summed E-state index contributed by atoms with van der Waals surface area (Å²) in [5.41, 5.74) is 7.37. The van der Waals surface area contributed by atoms with Crippen LogP contribution in [0.25, 0.3) is 0 Å². The number of hydrogen-bond acceptors (Lipinski definition) is 2. The number of benzene rings is 1. The molecule has 1 aromatic rings. The van der Waals surface area contributed by atoms with Crippen LogP contribution in [0.5, 0.6) is 0 Å². The first-order valence-electron chi connectivity index (χ1n) is 4.23. The maximum Gasteiger partial charge on any atom is 0.231 e. The summed E-state index contributed by atoms with van der Waals surface area (Å²) >= 11 is 0. The number of nitrogens with two attached hydrogens (primary N) is 1. The monoisotopic (exact) mass is 178 g/mol. The van der Waals surface area contributed by atoms with E-state index in [0.717, 1.165) is 0 Å². The molecule has 0 saturated carbocycles. The molecule has 0 atom stereocenters. The molecule has 1 rings (SSSR count). The maximum atomic E-state index is 10.4. The highest BCUT2D eigenvalue weighted by Crippen LogP contribution is 2.02. The van der Waals surface area contributed by atoms with E-state index in [1.807, 2.05) is 25.1 Å². The van der Waals surface area contributed by atoms with Gasteiger partial charge in [-0.25, -0.2) is 0 Å². The zero-order valence-electron chi connectivity index (χ0n) is 7.71. The van der Waals surface area contributed by atoms with Crippen molar-refractivity contribution in [2.75, 3.05) is 6.54 Å². The molecule has 0 unspecified atom stereocenters. The molecule has 3 N–H and O–H groups in total. The summed E-state index contributed by atoms with van der Waals surface area (Å²) in [6, 6.07) is 8.13. The van der Waals surface area contributed by atoms with E-state index >= 15 is 0 Å². The van der Waals surface area contributed by atoms with Gasteiger partial charge in [-0.05, 0) is 12.5 Å². The van der Waals surface area contributed by atoms with Crippen molar-refractivity contribution in [1.82, 2.24) is 5.32 Å². The molecule has 0 aliphatic carbocycles. The van der Waals surface area contributed by atoms with Crippen molar-refractivity contribution < 1.29 is 4.79 Å². The molecule has 0 radical (unpaired) electrons. The van der Waals surface area contributed by atoms with Crippen molar-refractivity contribution in [3.63, 3.8) is 0 Å². The summed E-state index contributed by atoms with van der Waals surface area (Å²) in [5.74, 6) is -0.326. The number of aryl methyl sites for hydroxylation is 1. The largest absolute Gasteiger partial charge is 0.369 e. The van der Waals surface area contributed by atoms with Crippen LogP contribution in [-0.4, -0.2) is 12.5 Å². The minimum Gasteiger partial charge on any atom is -0.369 e. The normalized spacial score (nSPS) is 9.92. The molecule has 0 fully saturated rings. The van der Waals surface area contributed by atoms with E-state index in [9.17, 15) is 4.79 Å². The van der Waals surface area contributed by atoms with E-state index in [0.29, 0.717) is 6.54 Å². The van der Waals surface area contributed by atoms with Crippen LogP contribution in [0.15, 0.2) is 24.3 Å². The molecule has 13 heavy (non-hydrogen) atoms. The van der Waals surface area contributed by atoms with E-state index in [1.54, 1.807) is 0 Å². The standard InChI is InChI=1S/C10H14N2O/c1-8-3-2-4-9(5-8)6-12-7-10(11)13/h2-5,12H,6-7H2,1H3,(H2,11,13). The smallest absolute Gasteiger partial charge is 0.231 e. The molecule has 0 spiro atoms. The Morgan fingerprint density at radius 2 is 2.31 bits per heavy atom. The number of nitrogens with one attached hydrogen (secondary N) is 1. The van der Waals surface area contributed by atoms with E-state index < -0.39 is 0 Å². The Bertz CT molecular complexity index is 297. The summed E-state index contributed by atoms with van der Waals surface area (Å²) in [4.78, 5) is 10.4. The first-order chi connectivity index (χ1) is 6.18. The minimum absolute atomic E-state index is 0.230. The molecular weight excluding hydrogens is 164 g/mol. The van der Waals surface area contributed by atoms with E-state index in [2.05, 4.69) is 11.4 Å². The Labute approximate surface area is 77.9 Å². The Kier molecular flexibility index (Phi) is 3.46. The molecule has 3 heteroatoms. The van der Waals surface area contributed by atoms with Gasteiger partial charge in [-0.2, -0.15) is 0 Å². The Balaban J connectivity index is 2.41. The highest BCUT2D eigenvalue weighted by molar-refractivity contribution is 5.75. The van der Waals surface area contributed by atoms with E-state index in [-0.39, 0.29) is 12.5 Å². The van der Waals surface area contributed by atoms with Crippen LogP contribution in [0.2, 0.25) is 0 Å². The van der Waals surface area contributed by atoms with Crippen LogP contribution in [0, 0.1) is 6.92 Å². The SMILES string of the molecule is Cc1cccc(CNCC(N)=O)c1. The minimum atomic E-state index is -0.326. The fourth-order valence-corrected chi connectivity index (χ4v) is 1.15. The van der Waals surface area contributed by atoms with Crippen molar-refractivity contribution >= 4 is 5.91 Å². The summed E-state index contributed by atoms with van der Waals surface area (Å²) in [5, 5.41) is 2.95. The average molecular weight is 178 g/mol. The van der Waals surface area contributed by atoms with Gasteiger partial charge >= 0.3 is 0 Å². The molecule has 0 bridgehead atoms. The number of hydrogen-bond donors (Lipinski definition) is 2. The third-order valence-corrected chi connectivity index (χ3v) is 1.71. The Hall–Kier alpha value is -1.35. The predicted molar refractivity (Wildman–Crippen MR) is 52.1 cm³/mol. The lowest BCUT2D eigenvalue weighted by Crippen LogP contribution is -2.28. The Morgan fingerprint density at radius 1 is 1.54 bits per heavy atom. The van der Waals surface area contributed by atoms with Gasteiger partial charge in [0, 0.05) is 6.54 Å². The summed E-state index contributed by atoms with van der Waals surface area (Å²) in [6.45, 7) is 2.95. The molecule has 0 heterocycles. The molecule has 0 saturated heterocycles. The predicted octanol–water partition coefficient (Wildman–Crippen LogP) is 0.570. The lowest BCUT2D eigenvalue weighted by molar-refractivity contribution is -0.117. The van der Waals surface area contributed by atoms with Crippen molar-refractivity contribution in [2.24, 2.45) is 5.73 Å². The number of carbonyl (C=O) groups is 1. The van der Waals surface area contributed by atoms with Gasteiger partial charge in [0.15, 0.2) is 0 Å². The van der Waals surface area contributed by atoms with Gasteiger partial charge in [0.25, 0.3) is 0 Å². The number of carbonyl (C=O) groups excluding carboxylic acids is 1. The van der Waals surface area contributed by atoms with Crippen LogP contribution in [0.1, 0.15) is 11.1 Å². The first-order valence-corrected chi connectivity index (χ1v) is 4.23. The van der Waals surface area contributed by atoms with Crippen molar-refractivity contribution in [3.05, 3.63) is 35.4 Å².